The van der Waals surface area contributed by atoms with Crippen molar-refractivity contribution in [3.63, 3.8) is 0 Å². The molecule has 2 saturated heterocycles. The molecule has 33 heavy (non-hydrogen) atoms. The van der Waals surface area contributed by atoms with Crippen LogP contribution >= 0.6 is 0 Å². The molecule has 1 aromatic heterocycles. The molecular formula is C28H33N3O2. The van der Waals surface area contributed by atoms with Crippen molar-refractivity contribution >= 4 is 5.91 Å². The van der Waals surface area contributed by atoms with E-state index in [-0.39, 0.29) is 5.91 Å². The highest BCUT2D eigenvalue weighted by atomic mass is 16.4. The predicted octanol–water partition coefficient (Wildman–Crippen LogP) is 5.28. The molecule has 0 atom stereocenters. The highest BCUT2D eigenvalue weighted by Crippen LogP contribution is 2.33. The van der Waals surface area contributed by atoms with Crippen molar-refractivity contribution in [3.8, 4) is 22.6 Å². The van der Waals surface area contributed by atoms with Crippen LogP contribution in [0.2, 0.25) is 0 Å². The van der Waals surface area contributed by atoms with Crippen LogP contribution in [0.15, 0.2) is 65.1 Å². The summed E-state index contributed by atoms with van der Waals surface area (Å²) in [6, 6.07) is 20.2. The number of aryl methyl sites for hydroxylation is 1. The summed E-state index contributed by atoms with van der Waals surface area (Å²) < 4.78 is 6.20. The van der Waals surface area contributed by atoms with E-state index in [1.54, 1.807) is 0 Å². The Bertz CT molecular complexity index is 977. The third-order valence-electron chi connectivity index (χ3n) is 6.99. The van der Waals surface area contributed by atoms with Crippen LogP contribution in [0.5, 0.6) is 0 Å². The van der Waals surface area contributed by atoms with Crippen molar-refractivity contribution in [2.24, 2.45) is 5.92 Å². The average Bonchev–Trinajstić information content (AvgIpc) is 3.54. The number of amides is 1. The number of carbonyl (C=O) groups excluding carboxylic acids is 1. The Labute approximate surface area is 196 Å². The maximum atomic E-state index is 12.9. The van der Waals surface area contributed by atoms with Crippen molar-refractivity contribution in [1.82, 2.24) is 14.8 Å². The average molecular weight is 444 g/mol. The molecule has 3 aromatic rings. The van der Waals surface area contributed by atoms with E-state index in [0.29, 0.717) is 18.7 Å². The molecule has 0 N–H and O–H groups in total. The second-order valence-corrected chi connectivity index (χ2v) is 9.35. The molecule has 2 aromatic carbocycles. The van der Waals surface area contributed by atoms with Crippen molar-refractivity contribution in [2.45, 2.75) is 38.5 Å². The Balaban J connectivity index is 1.21. The maximum Gasteiger partial charge on any atom is 0.223 e. The van der Waals surface area contributed by atoms with Gasteiger partial charge in [-0.2, -0.15) is 0 Å². The topological polar surface area (TPSA) is 49.6 Å². The van der Waals surface area contributed by atoms with Crippen LogP contribution in [0, 0.1) is 5.92 Å². The van der Waals surface area contributed by atoms with E-state index in [0.717, 1.165) is 54.4 Å². The molecule has 172 valence electrons. The summed E-state index contributed by atoms with van der Waals surface area (Å²) in [5, 5.41) is 0. The number of aromatic nitrogens is 1. The molecule has 3 heterocycles. The van der Waals surface area contributed by atoms with E-state index in [1.807, 2.05) is 65.6 Å². The number of likely N-dealkylation sites (tertiary alicyclic amines) is 2. The lowest BCUT2D eigenvalue weighted by Crippen LogP contribution is -2.41. The predicted molar refractivity (Wildman–Crippen MR) is 131 cm³/mol. The highest BCUT2D eigenvalue weighted by Gasteiger charge is 2.25. The van der Waals surface area contributed by atoms with E-state index in [2.05, 4.69) is 4.90 Å². The van der Waals surface area contributed by atoms with E-state index >= 15 is 0 Å². The molecule has 1 amide bonds. The molecule has 2 fully saturated rings. The third-order valence-corrected chi connectivity index (χ3v) is 6.99. The van der Waals surface area contributed by atoms with Gasteiger partial charge in [-0.05, 0) is 44.7 Å². The highest BCUT2D eigenvalue weighted by molar-refractivity contribution is 5.78. The SMILES string of the molecule is O=C(CCc1nc(-c2ccccc2)c(-c2ccccc2)o1)N1CCC(CN2CCCC2)CC1. The summed E-state index contributed by atoms with van der Waals surface area (Å²) in [7, 11) is 0. The van der Waals surface area contributed by atoms with Crippen LogP contribution in [-0.2, 0) is 11.2 Å². The lowest BCUT2D eigenvalue weighted by atomic mass is 9.96. The third kappa shape index (κ3) is 5.36. The van der Waals surface area contributed by atoms with Crippen LogP contribution in [0.25, 0.3) is 22.6 Å². The zero-order chi connectivity index (χ0) is 22.5. The van der Waals surface area contributed by atoms with Gasteiger partial charge in [-0.15, -0.1) is 0 Å². The minimum absolute atomic E-state index is 0.218. The Hall–Kier alpha value is -2.92. The van der Waals surface area contributed by atoms with Gasteiger partial charge in [0.15, 0.2) is 11.7 Å². The first kappa shape index (κ1) is 21.9. The fraction of sp³-hybridized carbons (Fsp3) is 0.429. The fourth-order valence-electron chi connectivity index (χ4n) is 5.12. The van der Waals surface area contributed by atoms with Crippen LogP contribution in [0.3, 0.4) is 0 Å². The molecule has 0 saturated carbocycles. The number of nitrogens with zero attached hydrogens (tertiary/aromatic N) is 3. The Morgan fingerprint density at radius 1 is 0.879 bits per heavy atom. The zero-order valence-electron chi connectivity index (χ0n) is 19.3. The Morgan fingerprint density at radius 2 is 1.52 bits per heavy atom. The Morgan fingerprint density at radius 3 is 2.18 bits per heavy atom. The van der Waals surface area contributed by atoms with Gasteiger partial charge in [0.05, 0.1) is 0 Å². The molecule has 0 spiro atoms. The van der Waals surface area contributed by atoms with Gasteiger partial charge in [0.2, 0.25) is 5.91 Å². The minimum Gasteiger partial charge on any atom is -0.440 e. The molecule has 5 heteroatoms. The van der Waals surface area contributed by atoms with Crippen LogP contribution in [0.4, 0.5) is 0 Å². The van der Waals surface area contributed by atoms with Crippen LogP contribution in [0.1, 0.15) is 38.0 Å². The monoisotopic (exact) mass is 443 g/mol. The number of hydrogen-bond acceptors (Lipinski definition) is 4. The number of rotatable bonds is 7. The minimum atomic E-state index is 0.218. The van der Waals surface area contributed by atoms with E-state index in [1.165, 1.54) is 32.5 Å². The normalized spacial score (nSPS) is 17.5. The first-order chi connectivity index (χ1) is 16.3. The van der Waals surface area contributed by atoms with E-state index < -0.39 is 0 Å². The van der Waals surface area contributed by atoms with Gasteiger partial charge in [0, 0.05) is 43.6 Å². The summed E-state index contributed by atoms with van der Waals surface area (Å²) in [4.78, 5) is 22.3. The quantitative estimate of drug-likeness (QED) is 0.499. The number of hydrogen-bond donors (Lipinski definition) is 0. The second kappa shape index (κ2) is 10.3. The van der Waals surface area contributed by atoms with Gasteiger partial charge in [-0.25, -0.2) is 4.98 Å². The summed E-state index contributed by atoms with van der Waals surface area (Å²) in [5.74, 6) is 2.35. The van der Waals surface area contributed by atoms with Gasteiger partial charge in [0.25, 0.3) is 0 Å². The number of benzene rings is 2. The molecule has 0 aliphatic carbocycles. The number of carbonyl (C=O) groups is 1. The van der Waals surface area contributed by atoms with Gasteiger partial charge in [-0.3, -0.25) is 4.79 Å². The summed E-state index contributed by atoms with van der Waals surface area (Å²) in [5.41, 5.74) is 2.87. The maximum absolute atomic E-state index is 12.9. The van der Waals surface area contributed by atoms with Crippen LogP contribution in [-0.4, -0.2) is 53.4 Å². The van der Waals surface area contributed by atoms with Crippen molar-refractivity contribution in [2.75, 3.05) is 32.7 Å². The van der Waals surface area contributed by atoms with Gasteiger partial charge in [0.1, 0.15) is 5.69 Å². The first-order valence-electron chi connectivity index (χ1n) is 12.4. The van der Waals surface area contributed by atoms with E-state index in [9.17, 15) is 4.79 Å². The molecule has 0 bridgehead atoms. The molecule has 2 aliphatic heterocycles. The smallest absolute Gasteiger partial charge is 0.223 e. The van der Waals surface area contributed by atoms with Gasteiger partial charge in [-0.1, -0.05) is 60.7 Å². The van der Waals surface area contributed by atoms with Crippen molar-refractivity contribution in [1.29, 1.82) is 0 Å². The fourth-order valence-corrected chi connectivity index (χ4v) is 5.12. The summed E-state index contributed by atoms with van der Waals surface area (Å²) in [6.07, 6.45) is 5.90. The Kier molecular flexibility index (Phi) is 6.87. The second-order valence-electron chi connectivity index (χ2n) is 9.35. The van der Waals surface area contributed by atoms with Crippen LogP contribution < -0.4 is 0 Å². The molecular weight excluding hydrogens is 410 g/mol. The number of piperidine rings is 1. The largest absolute Gasteiger partial charge is 0.440 e. The molecule has 0 radical (unpaired) electrons. The molecule has 0 unspecified atom stereocenters. The molecule has 5 nitrogen and oxygen atoms in total. The number of oxazole rings is 1. The zero-order valence-corrected chi connectivity index (χ0v) is 19.3. The van der Waals surface area contributed by atoms with E-state index in [4.69, 9.17) is 9.40 Å². The standard InChI is InChI=1S/C28H33N3O2/c32-26(31-19-15-22(16-20-31)21-30-17-7-8-18-30)14-13-25-29-27(23-9-3-1-4-10-23)28(33-25)24-11-5-2-6-12-24/h1-6,9-12,22H,7-8,13-21H2. The van der Waals surface area contributed by atoms with Crippen molar-refractivity contribution in [3.05, 3.63) is 66.6 Å². The summed E-state index contributed by atoms with van der Waals surface area (Å²) in [6.45, 7) is 5.49. The molecule has 5 rings (SSSR count). The lowest BCUT2D eigenvalue weighted by Gasteiger charge is -2.34. The first-order valence-corrected chi connectivity index (χ1v) is 12.4. The van der Waals surface area contributed by atoms with Gasteiger partial charge < -0.3 is 14.2 Å². The van der Waals surface area contributed by atoms with Crippen molar-refractivity contribution < 1.29 is 9.21 Å². The summed E-state index contributed by atoms with van der Waals surface area (Å²) >= 11 is 0. The van der Waals surface area contributed by atoms with Gasteiger partial charge >= 0.3 is 0 Å². The molecule has 2 aliphatic rings. The lowest BCUT2D eigenvalue weighted by molar-refractivity contribution is -0.132.